The van der Waals surface area contributed by atoms with Crippen molar-refractivity contribution in [3.05, 3.63) is 59.7 Å². The maximum absolute atomic E-state index is 12.8. The molecule has 1 heterocycles. The number of methoxy groups -OCH3 is 1. The predicted octanol–water partition coefficient (Wildman–Crippen LogP) is 1.97. The monoisotopic (exact) mass is 370 g/mol. The number of ether oxygens (including phenoxy) is 1. The highest BCUT2D eigenvalue weighted by Gasteiger charge is 2.19. The molecule has 2 amide bonds. The van der Waals surface area contributed by atoms with Crippen molar-refractivity contribution in [2.45, 2.75) is 26.3 Å². The highest BCUT2D eigenvalue weighted by Crippen LogP contribution is 2.09. The van der Waals surface area contributed by atoms with Crippen molar-refractivity contribution in [3.63, 3.8) is 0 Å². The van der Waals surface area contributed by atoms with Gasteiger partial charge in [0, 0.05) is 46.0 Å². The zero-order chi connectivity index (χ0) is 19.5. The lowest BCUT2D eigenvalue weighted by molar-refractivity contribution is -0.121. The third-order valence-electron chi connectivity index (χ3n) is 3.96. The van der Waals surface area contributed by atoms with E-state index < -0.39 is 0 Å². The molecule has 0 saturated carbocycles. The number of nitrogens with one attached hydrogen (secondary N) is 1. The van der Waals surface area contributed by atoms with E-state index in [2.05, 4.69) is 15.3 Å². The average Bonchev–Trinajstić information content (AvgIpc) is 2.69. The van der Waals surface area contributed by atoms with Crippen molar-refractivity contribution in [2.75, 3.05) is 26.8 Å². The molecule has 0 atom stereocenters. The highest BCUT2D eigenvalue weighted by atomic mass is 16.5. The second kappa shape index (κ2) is 11.0. The van der Waals surface area contributed by atoms with Crippen LogP contribution >= 0.6 is 0 Å². The van der Waals surface area contributed by atoms with Gasteiger partial charge in [-0.1, -0.05) is 30.3 Å². The maximum atomic E-state index is 12.8. The van der Waals surface area contributed by atoms with Crippen LogP contribution in [0.15, 0.2) is 42.7 Å². The summed E-state index contributed by atoms with van der Waals surface area (Å²) < 4.78 is 4.96. The number of hydrogen-bond acceptors (Lipinski definition) is 5. The maximum Gasteiger partial charge on any atom is 0.274 e. The molecule has 1 N–H and O–H groups in total. The molecule has 0 radical (unpaired) electrons. The molecule has 0 aliphatic heterocycles. The molecule has 2 aromatic rings. The summed E-state index contributed by atoms with van der Waals surface area (Å²) in [4.78, 5) is 34.8. The summed E-state index contributed by atoms with van der Waals surface area (Å²) in [6.45, 7) is 3.69. The van der Waals surface area contributed by atoms with Crippen LogP contribution in [0.25, 0.3) is 0 Å². The van der Waals surface area contributed by atoms with Crippen LogP contribution in [0.3, 0.4) is 0 Å². The first-order chi connectivity index (χ1) is 13.1. The molecule has 0 spiro atoms. The third-order valence-corrected chi connectivity index (χ3v) is 3.96. The molecule has 144 valence electrons. The third kappa shape index (κ3) is 7.15. The van der Waals surface area contributed by atoms with Gasteiger partial charge in [0.15, 0.2) is 0 Å². The Morgan fingerprint density at radius 1 is 1.15 bits per heavy atom. The molecule has 0 saturated heterocycles. The number of carbonyl (C=O) groups is 2. The van der Waals surface area contributed by atoms with Gasteiger partial charge in [0.05, 0.1) is 11.9 Å². The lowest BCUT2D eigenvalue weighted by Gasteiger charge is -2.22. The quantitative estimate of drug-likeness (QED) is 0.647. The van der Waals surface area contributed by atoms with E-state index in [9.17, 15) is 9.59 Å². The topological polar surface area (TPSA) is 84.4 Å². The van der Waals surface area contributed by atoms with Crippen molar-refractivity contribution in [2.24, 2.45) is 0 Å². The lowest BCUT2D eigenvalue weighted by atomic mass is 10.2. The number of rotatable bonds is 10. The van der Waals surface area contributed by atoms with Gasteiger partial charge < -0.3 is 15.0 Å². The molecular weight excluding hydrogens is 344 g/mol. The molecule has 1 aromatic carbocycles. The van der Waals surface area contributed by atoms with Gasteiger partial charge in [0.25, 0.3) is 5.91 Å². The number of benzene rings is 1. The second-order valence-corrected chi connectivity index (χ2v) is 6.20. The molecule has 0 bridgehead atoms. The fraction of sp³-hybridized carbons (Fsp3) is 0.400. The summed E-state index contributed by atoms with van der Waals surface area (Å²) in [5, 5.41) is 2.84. The molecule has 0 aliphatic carbocycles. The summed E-state index contributed by atoms with van der Waals surface area (Å²) in [5.41, 5.74) is 2.01. The van der Waals surface area contributed by atoms with Crippen LogP contribution in [-0.4, -0.2) is 53.5 Å². The van der Waals surface area contributed by atoms with E-state index in [1.54, 1.807) is 18.2 Å². The zero-order valence-electron chi connectivity index (χ0n) is 15.9. The molecule has 7 nitrogen and oxygen atoms in total. The first kappa shape index (κ1) is 20.5. The van der Waals surface area contributed by atoms with Crippen molar-refractivity contribution in [1.29, 1.82) is 0 Å². The minimum atomic E-state index is -0.237. The number of aromatic nitrogens is 2. The second-order valence-electron chi connectivity index (χ2n) is 6.20. The Kier molecular flexibility index (Phi) is 8.38. The van der Waals surface area contributed by atoms with Crippen molar-refractivity contribution < 1.29 is 14.3 Å². The predicted molar refractivity (Wildman–Crippen MR) is 102 cm³/mol. The Bertz CT molecular complexity index is 720. The molecule has 1 aromatic heterocycles. The first-order valence-electron chi connectivity index (χ1n) is 8.97. The van der Waals surface area contributed by atoms with E-state index in [4.69, 9.17) is 4.74 Å². The van der Waals surface area contributed by atoms with E-state index in [1.165, 1.54) is 6.20 Å². The Balaban J connectivity index is 2.00. The SMILES string of the molecule is COCCCNC(=O)CCN(Cc1ccccc1)C(=O)c1cnc(C)cn1. The zero-order valence-corrected chi connectivity index (χ0v) is 15.9. The van der Waals surface area contributed by atoms with Crippen LogP contribution in [-0.2, 0) is 16.1 Å². The van der Waals surface area contributed by atoms with Gasteiger partial charge in [-0.15, -0.1) is 0 Å². The average molecular weight is 370 g/mol. The number of aryl methyl sites for hydroxylation is 1. The Hall–Kier alpha value is -2.80. The number of amides is 2. The molecule has 27 heavy (non-hydrogen) atoms. The number of carbonyl (C=O) groups excluding carboxylic acids is 2. The van der Waals surface area contributed by atoms with Crippen LogP contribution in [0.2, 0.25) is 0 Å². The summed E-state index contributed by atoms with van der Waals surface area (Å²) in [7, 11) is 1.63. The Labute approximate surface area is 159 Å². The summed E-state index contributed by atoms with van der Waals surface area (Å²) >= 11 is 0. The van der Waals surface area contributed by atoms with E-state index in [1.807, 2.05) is 37.3 Å². The summed E-state index contributed by atoms with van der Waals surface area (Å²) in [5.74, 6) is -0.328. The van der Waals surface area contributed by atoms with Crippen LogP contribution in [0.4, 0.5) is 0 Å². The van der Waals surface area contributed by atoms with Gasteiger partial charge in [-0.2, -0.15) is 0 Å². The van der Waals surface area contributed by atoms with Crippen LogP contribution in [0.5, 0.6) is 0 Å². The highest BCUT2D eigenvalue weighted by molar-refractivity contribution is 5.92. The normalized spacial score (nSPS) is 10.4. The van der Waals surface area contributed by atoms with Gasteiger partial charge in [-0.05, 0) is 18.9 Å². The molecule has 0 unspecified atom stereocenters. The molecule has 7 heteroatoms. The molecule has 2 rings (SSSR count). The largest absolute Gasteiger partial charge is 0.385 e. The van der Waals surface area contributed by atoms with Gasteiger partial charge in [0.1, 0.15) is 5.69 Å². The first-order valence-corrected chi connectivity index (χ1v) is 8.97. The lowest BCUT2D eigenvalue weighted by Crippen LogP contribution is -2.35. The van der Waals surface area contributed by atoms with Gasteiger partial charge in [-0.3, -0.25) is 14.6 Å². The van der Waals surface area contributed by atoms with E-state index in [0.717, 1.165) is 17.7 Å². The van der Waals surface area contributed by atoms with Crippen molar-refractivity contribution in [3.8, 4) is 0 Å². The van der Waals surface area contributed by atoms with Crippen molar-refractivity contribution in [1.82, 2.24) is 20.2 Å². The van der Waals surface area contributed by atoms with Gasteiger partial charge >= 0.3 is 0 Å². The van der Waals surface area contributed by atoms with E-state index >= 15 is 0 Å². The van der Waals surface area contributed by atoms with Crippen molar-refractivity contribution >= 4 is 11.8 Å². The number of nitrogens with zero attached hydrogens (tertiary/aromatic N) is 3. The minimum Gasteiger partial charge on any atom is -0.385 e. The van der Waals surface area contributed by atoms with Crippen LogP contribution < -0.4 is 5.32 Å². The summed E-state index contributed by atoms with van der Waals surface area (Å²) in [6, 6.07) is 9.67. The van der Waals surface area contributed by atoms with Gasteiger partial charge in [-0.25, -0.2) is 4.98 Å². The Morgan fingerprint density at radius 3 is 2.59 bits per heavy atom. The smallest absolute Gasteiger partial charge is 0.274 e. The standard InChI is InChI=1S/C20H26N4O3/c1-16-13-23-18(14-22-16)20(26)24(15-17-7-4-3-5-8-17)11-9-19(25)21-10-6-12-27-2/h3-5,7-8,13-14H,6,9-12,15H2,1-2H3,(H,21,25). The van der Waals surface area contributed by atoms with Crippen LogP contribution in [0.1, 0.15) is 34.6 Å². The Morgan fingerprint density at radius 2 is 1.93 bits per heavy atom. The van der Waals surface area contributed by atoms with Crippen LogP contribution in [0, 0.1) is 6.92 Å². The van der Waals surface area contributed by atoms with E-state index in [-0.39, 0.29) is 23.9 Å². The fourth-order valence-corrected chi connectivity index (χ4v) is 2.49. The van der Waals surface area contributed by atoms with E-state index in [0.29, 0.717) is 26.2 Å². The fourth-order valence-electron chi connectivity index (χ4n) is 2.49. The molecule has 0 fully saturated rings. The number of hydrogen-bond donors (Lipinski definition) is 1. The van der Waals surface area contributed by atoms with Gasteiger partial charge in [0.2, 0.25) is 5.91 Å². The minimum absolute atomic E-state index is 0.0908. The summed E-state index contributed by atoms with van der Waals surface area (Å²) in [6.07, 6.45) is 4.02. The molecular formula is C20H26N4O3. The molecule has 0 aliphatic rings.